The van der Waals surface area contributed by atoms with Crippen LogP contribution in [0.25, 0.3) is 5.69 Å². The Morgan fingerprint density at radius 1 is 1.13 bits per heavy atom. The van der Waals surface area contributed by atoms with Crippen LogP contribution in [0, 0.1) is 6.92 Å². The van der Waals surface area contributed by atoms with E-state index in [1.807, 2.05) is 76.8 Å². The molecular weight excluding hydrogens is 436 g/mol. The molecule has 1 atom stereocenters. The number of carbonyl (C=O) groups is 1. The van der Waals surface area contributed by atoms with Crippen molar-refractivity contribution in [2.45, 2.75) is 18.1 Å². The summed E-state index contributed by atoms with van der Waals surface area (Å²) in [6, 6.07) is 17.4. The molecule has 4 aromatic rings. The van der Waals surface area contributed by atoms with Gasteiger partial charge >= 0.3 is 0 Å². The molecule has 0 fully saturated rings. The molecule has 2 heterocycles. The number of rotatable bonds is 7. The van der Waals surface area contributed by atoms with Crippen molar-refractivity contribution in [1.82, 2.24) is 20.1 Å². The lowest BCUT2D eigenvalue weighted by Gasteiger charge is -2.18. The van der Waals surface area contributed by atoms with E-state index in [2.05, 4.69) is 15.5 Å². The van der Waals surface area contributed by atoms with E-state index in [-0.39, 0.29) is 17.7 Å². The first-order chi connectivity index (χ1) is 14.6. The highest BCUT2D eigenvalue weighted by atomic mass is 35.5. The van der Waals surface area contributed by atoms with Crippen LogP contribution in [0.3, 0.4) is 0 Å². The van der Waals surface area contributed by atoms with Gasteiger partial charge in [0, 0.05) is 10.7 Å². The Balaban J connectivity index is 1.46. The highest BCUT2D eigenvalue weighted by Gasteiger charge is 2.18. The maximum atomic E-state index is 12.8. The SMILES string of the molecule is Cc1ccc(-n2cnnc2SCC(=O)NC(c2ccc(Cl)cc2)c2ccsc2)cc1. The Bertz CT molecular complexity index is 1110. The Morgan fingerprint density at radius 3 is 2.60 bits per heavy atom. The Labute approximate surface area is 188 Å². The lowest BCUT2D eigenvalue weighted by atomic mass is 10.0. The molecule has 4 rings (SSSR count). The van der Waals surface area contributed by atoms with Crippen molar-refractivity contribution in [1.29, 1.82) is 0 Å². The fourth-order valence-corrected chi connectivity index (χ4v) is 4.54. The summed E-state index contributed by atoms with van der Waals surface area (Å²) in [7, 11) is 0. The van der Waals surface area contributed by atoms with Gasteiger partial charge in [-0.3, -0.25) is 9.36 Å². The van der Waals surface area contributed by atoms with Gasteiger partial charge in [-0.1, -0.05) is 53.2 Å². The number of hydrogen-bond donors (Lipinski definition) is 1. The van der Waals surface area contributed by atoms with Crippen molar-refractivity contribution in [3.63, 3.8) is 0 Å². The molecule has 0 saturated carbocycles. The fourth-order valence-electron chi connectivity index (χ4n) is 2.99. The summed E-state index contributed by atoms with van der Waals surface area (Å²) in [5.41, 5.74) is 4.18. The van der Waals surface area contributed by atoms with E-state index < -0.39 is 0 Å². The van der Waals surface area contributed by atoms with Crippen LogP contribution in [0.1, 0.15) is 22.7 Å². The quantitative estimate of drug-likeness (QED) is 0.385. The molecule has 8 heteroatoms. The van der Waals surface area contributed by atoms with E-state index >= 15 is 0 Å². The van der Waals surface area contributed by atoms with Crippen molar-refractivity contribution in [3.8, 4) is 5.69 Å². The number of halogens is 1. The van der Waals surface area contributed by atoms with Crippen molar-refractivity contribution in [3.05, 3.63) is 93.4 Å². The monoisotopic (exact) mass is 454 g/mol. The fraction of sp³-hybridized carbons (Fsp3) is 0.136. The molecule has 152 valence electrons. The van der Waals surface area contributed by atoms with Crippen molar-refractivity contribution < 1.29 is 4.79 Å². The maximum absolute atomic E-state index is 12.8. The second-order valence-electron chi connectivity index (χ2n) is 6.72. The summed E-state index contributed by atoms with van der Waals surface area (Å²) in [6.45, 7) is 2.04. The van der Waals surface area contributed by atoms with Gasteiger partial charge in [-0.15, -0.1) is 10.2 Å². The number of nitrogens with one attached hydrogen (secondary N) is 1. The number of benzene rings is 2. The van der Waals surface area contributed by atoms with Gasteiger partial charge in [0.25, 0.3) is 0 Å². The molecule has 0 aliphatic heterocycles. The normalized spacial score (nSPS) is 11.9. The van der Waals surface area contributed by atoms with Crippen LogP contribution >= 0.6 is 34.7 Å². The zero-order chi connectivity index (χ0) is 20.9. The second kappa shape index (κ2) is 9.47. The first-order valence-electron chi connectivity index (χ1n) is 9.27. The van der Waals surface area contributed by atoms with Gasteiger partial charge in [0.2, 0.25) is 5.91 Å². The number of aryl methyl sites for hydroxylation is 1. The standard InChI is InChI=1S/C22H19ClN4OS2/c1-15-2-8-19(9-3-15)27-14-24-26-22(27)30-13-20(28)25-21(17-10-11-29-12-17)16-4-6-18(23)7-5-16/h2-12,14,21H,13H2,1H3,(H,25,28). The average molecular weight is 455 g/mol. The van der Waals surface area contributed by atoms with Gasteiger partial charge in [0.05, 0.1) is 11.8 Å². The molecule has 30 heavy (non-hydrogen) atoms. The summed E-state index contributed by atoms with van der Waals surface area (Å²) in [5.74, 6) is 0.156. The minimum absolute atomic E-state index is 0.0791. The van der Waals surface area contributed by atoms with E-state index in [0.29, 0.717) is 10.2 Å². The summed E-state index contributed by atoms with van der Waals surface area (Å²) in [6.07, 6.45) is 1.66. The zero-order valence-corrected chi connectivity index (χ0v) is 18.5. The van der Waals surface area contributed by atoms with Crippen LogP contribution in [0.2, 0.25) is 5.02 Å². The van der Waals surface area contributed by atoms with Crippen LogP contribution < -0.4 is 5.32 Å². The number of thioether (sulfide) groups is 1. The number of amides is 1. The molecule has 0 bridgehead atoms. The molecule has 2 aromatic carbocycles. The van der Waals surface area contributed by atoms with Crippen molar-refractivity contribution >= 4 is 40.6 Å². The van der Waals surface area contributed by atoms with E-state index in [1.54, 1.807) is 17.7 Å². The zero-order valence-electron chi connectivity index (χ0n) is 16.2. The topological polar surface area (TPSA) is 59.8 Å². The van der Waals surface area contributed by atoms with Gasteiger partial charge in [-0.25, -0.2) is 0 Å². The number of aromatic nitrogens is 3. The molecule has 0 radical (unpaired) electrons. The van der Waals surface area contributed by atoms with Gasteiger partial charge in [-0.05, 0) is 59.1 Å². The number of nitrogens with zero attached hydrogens (tertiary/aromatic N) is 3. The van der Waals surface area contributed by atoms with Crippen LogP contribution in [-0.4, -0.2) is 26.4 Å². The molecule has 0 aliphatic rings. The van der Waals surface area contributed by atoms with E-state index in [0.717, 1.165) is 16.8 Å². The highest BCUT2D eigenvalue weighted by Crippen LogP contribution is 2.26. The summed E-state index contributed by atoms with van der Waals surface area (Å²) in [4.78, 5) is 12.8. The Hall–Kier alpha value is -2.61. The number of carbonyl (C=O) groups excluding carboxylic acids is 1. The summed E-state index contributed by atoms with van der Waals surface area (Å²) < 4.78 is 1.88. The molecule has 1 N–H and O–H groups in total. The van der Waals surface area contributed by atoms with Gasteiger partial charge in [0.1, 0.15) is 6.33 Å². The third-order valence-corrected chi connectivity index (χ3v) is 6.44. The Kier molecular flexibility index (Phi) is 6.52. The first kappa shape index (κ1) is 20.7. The van der Waals surface area contributed by atoms with E-state index in [4.69, 9.17) is 11.6 Å². The maximum Gasteiger partial charge on any atom is 0.231 e. The van der Waals surface area contributed by atoms with Crippen LogP contribution in [-0.2, 0) is 4.79 Å². The highest BCUT2D eigenvalue weighted by molar-refractivity contribution is 7.99. The predicted molar refractivity (Wildman–Crippen MR) is 123 cm³/mol. The molecule has 2 aromatic heterocycles. The molecule has 1 unspecified atom stereocenters. The molecule has 5 nitrogen and oxygen atoms in total. The van der Waals surface area contributed by atoms with Gasteiger partial charge in [-0.2, -0.15) is 11.3 Å². The largest absolute Gasteiger partial charge is 0.344 e. The average Bonchev–Trinajstić information content (AvgIpc) is 3.44. The van der Waals surface area contributed by atoms with E-state index in [9.17, 15) is 4.79 Å². The van der Waals surface area contributed by atoms with Gasteiger partial charge < -0.3 is 5.32 Å². The number of hydrogen-bond acceptors (Lipinski definition) is 5. The lowest BCUT2D eigenvalue weighted by molar-refractivity contribution is -0.119. The Morgan fingerprint density at radius 2 is 1.90 bits per heavy atom. The van der Waals surface area contributed by atoms with Crippen molar-refractivity contribution in [2.75, 3.05) is 5.75 Å². The first-order valence-corrected chi connectivity index (χ1v) is 11.6. The molecule has 0 saturated heterocycles. The molecule has 1 amide bonds. The predicted octanol–water partition coefficient (Wildman–Crippen LogP) is 5.29. The second-order valence-corrected chi connectivity index (χ2v) is 8.88. The van der Waals surface area contributed by atoms with E-state index in [1.165, 1.54) is 17.3 Å². The van der Waals surface area contributed by atoms with Crippen LogP contribution in [0.15, 0.2) is 76.8 Å². The van der Waals surface area contributed by atoms with Gasteiger partial charge in [0.15, 0.2) is 5.16 Å². The lowest BCUT2D eigenvalue weighted by Crippen LogP contribution is -2.30. The van der Waals surface area contributed by atoms with Crippen LogP contribution in [0.4, 0.5) is 0 Å². The number of thiophene rings is 1. The smallest absolute Gasteiger partial charge is 0.231 e. The minimum Gasteiger partial charge on any atom is -0.344 e. The molecular formula is C22H19ClN4OS2. The minimum atomic E-state index is -0.225. The third-order valence-electron chi connectivity index (χ3n) is 4.55. The molecule has 0 aliphatic carbocycles. The molecule has 0 spiro atoms. The van der Waals surface area contributed by atoms with Crippen molar-refractivity contribution in [2.24, 2.45) is 0 Å². The summed E-state index contributed by atoms with van der Waals surface area (Å²) >= 11 is 8.98. The van der Waals surface area contributed by atoms with Crippen LogP contribution in [0.5, 0.6) is 0 Å². The third kappa shape index (κ3) is 4.92. The summed E-state index contributed by atoms with van der Waals surface area (Å²) in [5, 5.41) is 16.7.